The van der Waals surface area contributed by atoms with E-state index in [-0.39, 0.29) is 42.1 Å². The fraction of sp³-hybridized carbons (Fsp3) is 0.318. The zero-order valence-electron chi connectivity index (χ0n) is 17.0. The second kappa shape index (κ2) is 8.69. The van der Waals surface area contributed by atoms with Gasteiger partial charge in [-0.05, 0) is 29.0 Å². The van der Waals surface area contributed by atoms with Gasteiger partial charge in [-0.1, -0.05) is 85.4 Å². The fourth-order valence-corrected chi connectivity index (χ4v) is 7.58. The van der Waals surface area contributed by atoms with E-state index in [4.69, 9.17) is 4.98 Å². The van der Waals surface area contributed by atoms with Crippen LogP contribution in [-0.4, -0.2) is 13.8 Å². The molecule has 1 aromatic carbocycles. The summed E-state index contributed by atoms with van der Waals surface area (Å²) in [5.41, 5.74) is 4.19. The second-order valence-corrected chi connectivity index (χ2v) is 11.6. The molecule has 25 heavy (non-hydrogen) atoms. The Morgan fingerprint density at radius 1 is 0.920 bits per heavy atom. The van der Waals surface area contributed by atoms with Gasteiger partial charge in [-0.3, -0.25) is 0 Å². The van der Waals surface area contributed by atoms with Gasteiger partial charge in [-0.25, -0.2) is 0 Å². The van der Waals surface area contributed by atoms with Crippen LogP contribution in [0.3, 0.4) is 0 Å². The first kappa shape index (κ1) is 24.9. The van der Waals surface area contributed by atoms with Crippen LogP contribution in [0.15, 0.2) is 30.3 Å². The third kappa shape index (κ3) is 4.97. The minimum absolute atomic E-state index is 0. The van der Waals surface area contributed by atoms with Crippen LogP contribution >= 0.6 is 0 Å². The molecule has 0 aliphatic heterocycles. The first-order valence-corrected chi connectivity index (χ1v) is 11.0. The predicted molar refractivity (Wildman–Crippen MR) is 111 cm³/mol. The molecule has 0 bridgehead atoms. The van der Waals surface area contributed by atoms with E-state index in [1.807, 2.05) is 0 Å². The van der Waals surface area contributed by atoms with E-state index < -0.39 is 8.24 Å². The minimum atomic E-state index is -1.83. The molecule has 1 nitrogen and oxygen atoms in total. The van der Waals surface area contributed by atoms with Crippen molar-refractivity contribution in [2.24, 2.45) is 0 Å². The van der Waals surface area contributed by atoms with Gasteiger partial charge in [0, 0.05) is 11.8 Å². The van der Waals surface area contributed by atoms with E-state index in [1.54, 1.807) is 0 Å². The Hall–Kier alpha value is -0.149. The van der Waals surface area contributed by atoms with Crippen molar-refractivity contribution in [3.8, 4) is 0 Å². The predicted octanol–water partition coefficient (Wildman–Crippen LogP) is 6.41. The monoisotopic (exact) mass is 385 g/mol. The molecule has 2 aliphatic carbocycles. The summed E-state index contributed by atoms with van der Waals surface area (Å²) in [4.78, 5) is 5.21. The molecule has 0 heterocycles. The van der Waals surface area contributed by atoms with Crippen LogP contribution in [0.4, 0.5) is 0 Å². The van der Waals surface area contributed by atoms with Crippen molar-refractivity contribution in [1.29, 1.82) is 0 Å². The zero-order valence-corrected chi connectivity index (χ0v) is 19.6. The minimum Gasteiger partial charge on any atom is -0.659 e. The van der Waals surface area contributed by atoms with Crippen LogP contribution in [-0.2, 0) is 21.7 Å². The summed E-state index contributed by atoms with van der Waals surface area (Å²) in [7, 11) is -1.83. The van der Waals surface area contributed by atoms with Gasteiger partial charge in [-0.15, -0.1) is 5.54 Å². The van der Waals surface area contributed by atoms with Crippen LogP contribution in [0.2, 0.25) is 13.1 Å². The normalized spacial score (nSPS) is 18.6. The van der Waals surface area contributed by atoms with Gasteiger partial charge < -0.3 is 19.8 Å². The summed E-state index contributed by atoms with van der Waals surface area (Å²) in [6, 6.07) is 8.67. The van der Waals surface area contributed by atoms with Gasteiger partial charge in [0.25, 0.3) is 0 Å². The van der Waals surface area contributed by atoms with E-state index in [0.717, 1.165) is 0 Å². The number of nitrogens with zero attached hydrogens (tertiary/aromatic N) is 1. The first-order valence-electron chi connectivity index (χ1n) is 8.01. The Labute approximate surface area is 173 Å². The molecule has 0 amide bonds. The zero-order chi connectivity index (χ0) is 16.1. The molecule has 0 aromatic heterocycles. The Bertz CT molecular complexity index is 588. The smallest absolute Gasteiger partial charge is 0.659 e. The molecule has 0 N–H and O–H groups in total. The molecule has 1 saturated carbocycles. The molecular formula is C22H31NSiTi+. The van der Waals surface area contributed by atoms with Crippen LogP contribution in [0.5, 0.6) is 0 Å². The van der Waals surface area contributed by atoms with Crippen LogP contribution in [0.1, 0.15) is 38.8 Å². The molecule has 1 aromatic rings. The molecule has 3 rings (SSSR count). The Morgan fingerprint density at radius 3 is 2.12 bits per heavy atom. The SMILES string of the molecule is C[C]1[CH][C]2[C](C=Cc3ccccc32)[C]1[Si](C)(C)[N-]C(C)(C)C.[CH3-].[CH3-].[Ti+4]. The van der Waals surface area contributed by atoms with Crippen molar-refractivity contribution in [2.75, 3.05) is 0 Å². The topological polar surface area (TPSA) is 14.1 Å². The number of hydrogen-bond acceptors (Lipinski definition) is 0. The third-order valence-electron chi connectivity index (χ3n) is 4.22. The van der Waals surface area contributed by atoms with Crippen molar-refractivity contribution >= 4 is 14.3 Å². The Balaban J connectivity index is 0.00000192. The number of fused-ring (bicyclic) bond motifs is 3. The van der Waals surface area contributed by atoms with E-state index >= 15 is 0 Å². The van der Waals surface area contributed by atoms with Gasteiger partial charge in [0.15, 0.2) is 0 Å². The second-order valence-electron chi connectivity index (χ2n) is 7.79. The first-order chi connectivity index (χ1) is 10.2. The summed E-state index contributed by atoms with van der Waals surface area (Å²) in [6.45, 7) is 13.6. The molecule has 0 atom stereocenters. The Kier molecular flexibility index (Phi) is 8.64. The summed E-state index contributed by atoms with van der Waals surface area (Å²) < 4.78 is 0. The summed E-state index contributed by atoms with van der Waals surface area (Å²) >= 11 is 0. The maximum absolute atomic E-state index is 5.21. The largest absolute Gasteiger partial charge is 4.00 e. The average Bonchev–Trinajstić information content (AvgIpc) is 2.73. The van der Waals surface area contributed by atoms with Crippen molar-refractivity contribution < 1.29 is 21.7 Å². The van der Waals surface area contributed by atoms with E-state index in [0.29, 0.717) is 0 Å². The summed E-state index contributed by atoms with van der Waals surface area (Å²) in [5.74, 6) is 4.19. The van der Waals surface area contributed by atoms with Gasteiger partial charge in [0.05, 0.1) is 0 Å². The average molecular weight is 385 g/mol. The molecule has 0 saturated heterocycles. The molecule has 1 fully saturated rings. The maximum Gasteiger partial charge on any atom is 4.00 e. The Morgan fingerprint density at radius 2 is 1.52 bits per heavy atom. The standard InChI is InChI=1S/C20H25NSi.2CH3.Ti/c1-14-13-18-16-10-8-7-9-15(16)11-12-17(18)19(14)22(5,6)21-20(2,3)4;;;/h7-13H,1-6H3;2*1H3;/q3*-1;+4. The van der Waals surface area contributed by atoms with Crippen molar-refractivity contribution in [1.82, 2.24) is 0 Å². The molecule has 3 heteroatoms. The van der Waals surface area contributed by atoms with Gasteiger partial charge in [0.2, 0.25) is 0 Å². The van der Waals surface area contributed by atoms with Crippen molar-refractivity contribution in [2.45, 2.75) is 46.3 Å². The number of allylic oxidation sites excluding steroid dienone is 1. The summed E-state index contributed by atoms with van der Waals surface area (Å²) in [6.07, 6.45) is 6.91. The van der Waals surface area contributed by atoms with E-state index in [9.17, 15) is 0 Å². The third-order valence-corrected chi connectivity index (χ3v) is 7.34. The van der Waals surface area contributed by atoms with Crippen LogP contribution in [0.25, 0.3) is 11.1 Å². The van der Waals surface area contributed by atoms with Gasteiger partial charge in [0.1, 0.15) is 0 Å². The number of benzene rings is 1. The quantitative estimate of drug-likeness (QED) is 0.412. The van der Waals surface area contributed by atoms with Gasteiger partial charge >= 0.3 is 21.7 Å². The van der Waals surface area contributed by atoms with Crippen molar-refractivity contribution in [3.63, 3.8) is 0 Å². The number of rotatable bonds is 2. The molecule has 0 unspecified atom stereocenters. The molecular weight excluding hydrogens is 354 g/mol. The molecule has 2 aliphatic rings. The molecule has 5 radical (unpaired) electrons. The van der Waals surface area contributed by atoms with Crippen LogP contribution < -0.4 is 0 Å². The van der Waals surface area contributed by atoms with E-state index in [2.05, 4.69) is 83.6 Å². The number of hydrogen-bond donors (Lipinski definition) is 0. The molecule has 131 valence electrons. The van der Waals surface area contributed by atoms with Gasteiger partial charge in [-0.2, -0.15) is 0 Å². The van der Waals surface area contributed by atoms with Crippen LogP contribution in [0, 0.1) is 44.6 Å². The fourth-order valence-electron chi connectivity index (χ4n) is 3.88. The van der Waals surface area contributed by atoms with E-state index in [1.165, 1.54) is 34.4 Å². The molecule has 0 spiro atoms. The maximum atomic E-state index is 5.21. The summed E-state index contributed by atoms with van der Waals surface area (Å²) in [5, 5.41) is 0. The van der Waals surface area contributed by atoms with Crippen molar-refractivity contribution in [3.05, 3.63) is 91.0 Å².